The Morgan fingerprint density at radius 2 is 2.00 bits per heavy atom. The molecule has 1 aromatic heterocycles. The van der Waals surface area contributed by atoms with Crippen molar-refractivity contribution in [2.45, 2.75) is 31.7 Å². The molecule has 21 heavy (non-hydrogen) atoms. The van der Waals surface area contributed by atoms with Crippen LogP contribution in [0.5, 0.6) is 0 Å². The van der Waals surface area contributed by atoms with Gasteiger partial charge in [0.15, 0.2) is 0 Å². The van der Waals surface area contributed by atoms with Crippen LogP contribution in [0.25, 0.3) is 0 Å². The minimum Gasteiger partial charge on any atom is -0.396 e. The second kappa shape index (κ2) is 6.14. The molecule has 0 radical (unpaired) electrons. The third-order valence-corrected chi connectivity index (χ3v) is 4.09. The summed E-state index contributed by atoms with van der Waals surface area (Å²) in [5, 5.41) is 11.8. The highest BCUT2D eigenvalue weighted by molar-refractivity contribution is 6.03. The molecule has 2 aromatic rings. The summed E-state index contributed by atoms with van der Waals surface area (Å²) in [6.07, 6.45) is 6.19. The maximum Gasteiger partial charge on any atom is 0.272 e. The van der Waals surface area contributed by atoms with Gasteiger partial charge in [0.25, 0.3) is 5.91 Å². The molecule has 4 nitrogen and oxygen atoms in total. The van der Waals surface area contributed by atoms with Crippen LogP contribution in [0.4, 0.5) is 5.69 Å². The first-order chi connectivity index (χ1) is 10.3. The van der Waals surface area contributed by atoms with Crippen LogP contribution in [-0.2, 0) is 6.42 Å². The lowest BCUT2D eigenvalue weighted by atomic mass is 9.93. The fraction of sp³-hybridized carbons (Fsp3) is 0.353. The van der Waals surface area contributed by atoms with Crippen LogP contribution in [0.1, 0.15) is 41.4 Å². The zero-order valence-electron chi connectivity index (χ0n) is 12.0. The van der Waals surface area contributed by atoms with Gasteiger partial charge in [-0.15, -0.1) is 0 Å². The number of amides is 1. The highest BCUT2D eigenvalue weighted by atomic mass is 16.2. The van der Waals surface area contributed by atoms with Crippen molar-refractivity contribution in [1.29, 1.82) is 0 Å². The van der Waals surface area contributed by atoms with Crippen molar-refractivity contribution < 1.29 is 9.90 Å². The van der Waals surface area contributed by atoms with Crippen molar-refractivity contribution in [3.63, 3.8) is 0 Å². The van der Waals surface area contributed by atoms with Crippen LogP contribution >= 0.6 is 0 Å². The molecule has 0 spiro atoms. The number of carbonyl (C=O) groups excluding carboxylic acids is 1. The molecular weight excluding hydrogens is 264 g/mol. The van der Waals surface area contributed by atoms with Crippen LogP contribution in [0.2, 0.25) is 0 Å². The standard InChI is InChI=1S/C17H20N2O2/c20-12-10-13-6-8-14(9-7-13)18-17(21)16-5-2-11-19(16)15-3-1-4-15/h2,5-9,11,15,20H,1,3-4,10,12H2,(H,18,21). The summed E-state index contributed by atoms with van der Waals surface area (Å²) in [5.41, 5.74) is 2.57. The third kappa shape index (κ3) is 3.00. The normalized spacial score (nSPS) is 14.7. The van der Waals surface area contributed by atoms with E-state index in [9.17, 15) is 4.79 Å². The summed E-state index contributed by atoms with van der Waals surface area (Å²) in [6.45, 7) is 0.139. The summed E-state index contributed by atoms with van der Waals surface area (Å²) in [5.74, 6) is -0.0678. The molecule has 4 heteroatoms. The molecular formula is C17H20N2O2. The van der Waals surface area contributed by atoms with E-state index in [1.807, 2.05) is 42.6 Å². The van der Waals surface area contributed by atoms with Crippen molar-refractivity contribution in [1.82, 2.24) is 4.57 Å². The Hall–Kier alpha value is -2.07. The number of nitrogens with one attached hydrogen (secondary N) is 1. The zero-order valence-corrected chi connectivity index (χ0v) is 12.0. The van der Waals surface area contributed by atoms with E-state index < -0.39 is 0 Å². The van der Waals surface area contributed by atoms with Crippen molar-refractivity contribution in [2.24, 2.45) is 0 Å². The molecule has 1 amide bonds. The number of rotatable bonds is 5. The minimum atomic E-state index is -0.0678. The SMILES string of the molecule is O=C(Nc1ccc(CCO)cc1)c1cccn1C1CCC1. The lowest BCUT2D eigenvalue weighted by Gasteiger charge is -2.28. The minimum absolute atomic E-state index is 0.0678. The van der Waals surface area contributed by atoms with E-state index in [-0.39, 0.29) is 12.5 Å². The van der Waals surface area contributed by atoms with E-state index in [2.05, 4.69) is 9.88 Å². The van der Waals surface area contributed by atoms with E-state index in [4.69, 9.17) is 5.11 Å². The maximum absolute atomic E-state index is 12.4. The highest BCUT2D eigenvalue weighted by Gasteiger charge is 2.23. The van der Waals surface area contributed by atoms with Gasteiger partial charge in [-0.3, -0.25) is 4.79 Å². The molecule has 1 aromatic carbocycles. The van der Waals surface area contributed by atoms with Gasteiger partial charge in [0.05, 0.1) is 0 Å². The van der Waals surface area contributed by atoms with Crippen molar-refractivity contribution >= 4 is 11.6 Å². The van der Waals surface area contributed by atoms with Crippen LogP contribution in [0.15, 0.2) is 42.6 Å². The Balaban J connectivity index is 1.69. The number of hydrogen-bond donors (Lipinski definition) is 2. The second-order valence-electron chi connectivity index (χ2n) is 5.51. The number of hydrogen-bond acceptors (Lipinski definition) is 2. The number of aliphatic hydroxyl groups is 1. The van der Waals surface area contributed by atoms with Crippen LogP contribution in [0, 0.1) is 0 Å². The van der Waals surface area contributed by atoms with Crippen LogP contribution in [0.3, 0.4) is 0 Å². The summed E-state index contributed by atoms with van der Waals surface area (Å²) in [4.78, 5) is 12.4. The lowest BCUT2D eigenvalue weighted by Crippen LogP contribution is -2.23. The van der Waals surface area contributed by atoms with Crippen molar-refractivity contribution in [3.8, 4) is 0 Å². The summed E-state index contributed by atoms with van der Waals surface area (Å²) < 4.78 is 2.08. The van der Waals surface area contributed by atoms with Gasteiger partial charge in [-0.05, 0) is 55.5 Å². The second-order valence-corrected chi connectivity index (χ2v) is 5.51. The molecule has 1 heterocycles. The average Bonchev–Trinajstić information content (AvgIpc) is 2.88. The van der Waals surface area contributed by atoms with E-state index >= 15 is 0 Å². The van der Waals surface area contributed by atoms with E-state index in [1.54, 1.807) is 0 Å². The largest absolute Gasteiger partial charge is 0.396 e. The van der Waals surface area contributed by atoms with Crippen molar-refractivity contribution in [2.75, 3.05) is 11.9 Å². The number of nitrogens with zero attached hydrogens (tertiary/aromatic N) is 1. The zero-order chi connectivity index (χ0) is 14.7. The Kier molecular flexibility index (Phi) is 4.06. The molecule has 0 bridgehead atoms. The Morgan fingerprint density at radius 3 is 2.62 bits per heavy atom. The van der Waals surface area contributed by atoms with E-state index in [0.717, 1.165) is 29.8 Å². The first-order valence-corrected chi connectivity index (χ1v) is 7.46. The van der Waals surface area contributed by atoms with Gasteiger partial charge in [0, 0.05) is 24.5 Å². The maximum atomic E-state index is 12.4. The molecule has 1 fully saturated rings. The summed E-state index contributed by atoms with van der Waals surface area (Å²) in [7, 11) is 0. The first-order valence-electron chi connectivity index (χ1n) is 7.46. The molecule has 1 saturated carbocycles. The topological polar surface area (TPSA) is 54.3 Å². The molecule has 1 aliphatic rings. The molecule has 0 atom stereocenters. The van der Waals surface area contributed by atoms with Gasteiger partial charge in [-0.1, -0.05) is 12.1 Å². The average molecular weight is 284 g/mol. The van der Waals surface area contributed by atoms with Gasteiger partial charge >= 0.3 is 0 Å². The van der Waals surface area contributed by atoms with E-state index in [1.165, 1.54) is 6.42 Å². The molecule has 2 N–H and O–H groups in total. The number of anilines is 1. The van der Waals surface area contributed by atoms with E-state index in [0.29, 0.717) is 12.5 Å². The summed E-state index contributed by atoms with van der Waals surface area (Å²) >= 11 is 0. The molecule has 0 aliphatic heterocycles. The van der Waals surface area contributed by atoms with Crippen molar-refractivity contribution in [3.05, 3.63) is 53.9 Å². The lowest BCUT2D eigenvalue weighted by molar-refractivity contribution is 0.101. The number of aliphatic hydroxyl groups excluding tert-OH is 1. The molecule has 3 rings (SSSR count). The highest BCUT2D eigenvalue weighted by Crippen LogP contribution is 2.32. The molecule has 0 saturated heterocycles. The van der Waals surface area contributed by atoms with Gasteiger partial charge in [-0.25, -0.2) is 0 Å². The number of carbonyl (C=O) groups is 1. The van der Waals surface area contributed by atoms with Crippen LogP contribution < -0.4 is 5.32 Å². The fourth-order valence-electron chi connectivity index (χ4n) is 2.65. The molecule has 1 aliphatic carbocycles. The first kappa shape index (κ1) is 13.9. The van der Waals surface area contributed by atoms with Crippen LogP contribution in [-0.4, -0.2) is 22.2 Å². The Bertz CT molecular complexity index is 612. The molecule has 110 valence electrons. The van der Waals surface area contributed by atoms with Gasteiger partial charge < -0.3 is 15.0 Å². The van der Waals surface area contributed by atoms with Gasteiger partial charge in [0.2, 0.25) is 0 Å². The van der Waals surface area contributed by atoms with Gasteiger partial charge in [0.1, 0.15) is 5.69 Å². The number of benzene rings is 1. The molecule has 0 unspecified atom stereocenters. The predicted molar refractivity (Wildman–Crippen MR) is 82.5 cm³/mol. The quantitative estimate of drug-likeness (QED) is 0.886. The Labute approximate surface area is 124 Å². The number of aromatic nitrogens is 1. The fourth-order valence-corrected chi connectivity index (χ4v) is 2.65. The smallest absolute Gasteiger partial charge is 0.272 e. The monoisotopic (exact) mass is 284 g/mol. The summed E-state index contributed by atoms with van der Waals surface area (Å²) in [6, 6.07) is 11.9. The predicted octanol–water partition coefficient (Wildman–Crippen LogP) is 3.00. The Morgan fingerprint density at radius 1 is 1.24 bits per heavy atom. The third-order valence-electron chi connectivity index (χ3n) is 4.09. The van der Waals surface area contributed by atoms with Gasteiger partial charge in [-0.2, -0.15) is 0 Å².